The monoisotopic (exact) mass is 1370 g/mol. The number of benzene rings is 3. The van der Waals surface area contributed by atoms with Crippen LogP contribution in [0.2, 0.25) is 0 Å². The zero-order valence-electron chi connectivity index (χ0n) is 54.4. The Bertz CT molecular complexity index is 2920. The first-order chi connectivity index (χ1) is 44.6. The first kappa shape index (κ1) is 85.5. The summed E-state index contributed by atoms with van der Waals surface area (Å²) >= 11 is -1.44. The van der Waals surface area contributed by atoms with Gasteiger partial charge in [0.15, 0.2) is 0 Å². The molecule has 0 aliphatic carbocycles. The normalized spacial score (nSPS) is 10.6. The van der Waals surface area contributed by atoms with Gasteiger partial charge in [-0.05, 0) is 108 Å². The van der Waals surface area contributed by atoms with Crippen LogP contribution in [0, 0.1) is 6.92 Å². The summed E-state index contributed by atoms with van der Waals surface area (Å²) in [4.78, 5) is 98.3. The molecule has 0 saturated heterocycles. The van der Waals surface area contributed by atoms with Gasteiger partial charge in [-0.25, -0.2) is 0 Å². The van der Waals surface area contributed by atoms with Crippen LogP contribution < -0.4 is 36.7 Å². The minimum atomic E-state index is -3.82. The molecule has 519 valence electrons. The molecule has 0 spiro atoms. The van der Waals surface area contributed by atoms with Crippen molar-refractivity contribution in [3.05, 3.63) is 95.0 Å². The number of nitrogens with zero attached hydrogens (tertiary/aromatic N) is 3. The van der Waals surface area contributed by atoms with Crippen LogP contribution in [-0.2, 0) is 104 Å². The predicted octanol–water partition coefficient (Wildman–Crippen LogP) is 4.36. The number of methoxy groups -OCH3 is 1. The molecular formula is C62H94MnN10O19S. The molecule has 0 aromatic heterocycles. The van der Waals surface area contributed by atoms with Crippen LogP contribution in [0.4, 0.5) is 11.4 Å². The van der Waals surface area contributed by atoms with Gasteiger partial charge in [0.05, 0.1) is 81.9 Å². The molecule has 31 heteroatoms. The Morgan fingerprint density at radius 2 is 0.839 bits per heavy atom. The SMILES string of the molecule is CC(=O)CC(=O)NCCCOCCOCCOCCCNC(=O)CCC(=O)Nc1cccc(/C(C)=N/NS(=O)(=O)c2ccc(C)cc2)c1.CC(=O)CC(=O)NCCCOCCOCCOCCCNC(=O)CCC(=O)Nc1cccc(C(C)=[N+]=[N-])c1.CCOC.[O]=[Mn]=[O]. The van der Waals surface area contributed by atoms with Gasteiger partial charge in [-0.1, -0.05) is 35.9 Å². The molecule has 0 radical (unpaired) electrons. The number of ketones is 2. The fraction of sp³-hybridized carbons (Fsp3) is 0.548. The summed E-state index contributed by atoms with van der Waals surface area (Å²) < 4.78 is 79.0. The second-order valence-corrected chi connectivity index (χ2v) is 21.8. The van der Waals surface area contributed by atoms with Crippen LogP contribution in [0.3, 0.4) is 0 Å². The van der Waals surface area contributed by atoms with Crippen LogP contribution in [-0.4, -0.2) is 191 Å². The van der Waals surface area contributed by atoms with Gasteiger partial charge in [0.2, 0.25) is 35.4 Å². The molecule has 0 aliphatic rings. The van der Waals surface area contributed by atoms with E-state index in [4.69, 9.17) is 41.6 Å². The van der Waals surface area contributed by atoms with E-state index in [1.807, 2.05) is 13.8 Å². The summed E-state index contributed by atoms with van der Waals surface area (Å²) in [5.41, 5.74) is 13.0. The standard InChI is InChI=1S/C33H47N5O9S.C26H39N5O7.C3H8O.Mn.2O/c1-25-9-11-30(12-10-25)48(43,44)38-37-27(3)28-7-4-8-29(24-28)36-32(41)14-13-31(40)34-15-5-17-45-19-21-47-22-20-46-18-6-16-35-33(42)23-26(2)39;1-20(32)18-26(35)29-11-5-13-37-15-17-38-16-14-36-12-4-10-28-24(33)8-9-25(34)30-23-7-3-6-22(19-23)21(2)31-27;1-3-4-2;;;/h4,7-12,24,38H,5-6,13-23H2,1-3H3,(H,34,40)(H,35,42)(H,36,41);3,6-7,19H,4-5,8-18H2,1-2H3,(H,28,33)(H,29,35)(H,30,34);3H2,1-2H3;;;/b37-27+;;;;;. The van der Waals surface area contributed by atoms with E-state index in [1.165, 1.54) is 26.0 Å². The van der Waals surface area contributed by atoms with Gasteiger partial charge in [-0.3, -0.25) is 38.4 Å². The summed E-state index contributed by atoms with van der Waals surface area (Å²) in [6, 6.07) is 20.1. The molecule has 3 aromatic carbocycles. The Balaban J connectivity index is 0.00000169. The number of amides is 6. The Kier molecular flexibility index (Phi) is 51.5. The van der Waals surface area contributed by atoms with E-state index in [9.17, 15) is 46.8 Å². The molecule has 6 amide bonds. The van der Waals surface area contributed by atoms with Gasteiger partial charge < -0.3 is 70.6 Å². The number of carbonyl (C=O) groups is 8. The number of anilines is 2. The van der Waals surface area contributed by atoms with Crippen molar-refractivity contribution in [1.82, 2.24) is 26.1 Å². The van der Waals surface area contributed by atoms with Crippen molar-refractivity contribution < 1.29 is 107 Å². The van der Waals surface area contributed by atoms with Crippen LogP contribution in [0.5, 0.6) is 0 Å². The molecule has 3 aromatic rings. The number of hydrogen-bond donors (Lipinski definition) is 7. The second kappa shape index (κ2) is 56.0. The molecule has 29 nitrogen and oxygen atoms in total. The van der Waals surface area contributed by atoms with E-state index in [0.29, 0.717) is 165 Å². The Hall–Kier alpha value is -7.54. The fourth-order valence-corrected chi connectivity index (χ4v) is 7.87. The number of hydrogen-bond acceptors (Lipinski definition) is 20. The molecule has 0 bridgehead atoms. The summed E-state index contributed by atoms with van der Waals surface area (Å²) in [6.45, 7) is 17.8. The number of rotatable bonds is 46. The summed E-state index contributed by atoms with van der Waals surface area (Å²) in [5.74, 6) is -1.94. The molecular weight excluding hydrogens is 1280 g/mol. The first-order valence-electron chi connectivity index (χ1n) is 30.1. The summed E-state index contributed by atoms with van der Waals surface area (Å²) in [6.07, 6.45) is 2.52. The van der Waals surface area contributed by atoms with Crippen molar-refractivity contribution in [3.63, 3.8) is 0 Å². The zero-order valence-corrected chi connectivity index (χ0v) is 56.4. The van der Waals surface area contributed by atoms with E-state index in [2.05, 4.69) is 51.4 Å². The van der Waals surface area contributed by atoms with Gasteiger partial charge in [0.1, 0.15) is 11.6 Å². The molecule has 0 atom stereocenters. The van der Waals surface area contributed by atoms with Crippen LogP contribution in [0.15, 0.2) is 82.8 Å². The molecule has 0 aliphatic heterocycles. The van der Waals surface area contributed by atoms with Gasteiger partial charge >= 0.3 is 22.5 Å². The van der Waals surface area contributed by atoms with Crippen molar-refractivity contribution >= 4 is 79.8 Å². The summed E-state index contributed by atoms with van der Waals surface area (Å²) in [7, 11) is -2.14. The van der Waals surface area contributed by atoms with Gasteiger partial charge in [0, 0.05) is 110 Å². The van der Waals surface area contributed by atoms with Crippen molar-refractivity contribution in [2.24, 2.45) is 5.10 Å². The first-order valence-corrected chi connectivity index (χ1v) is 32.6. The Labute approximate surface area is 551 Å². The number of hydrazone groups is 1. The number of carbonyl (C=O) groups excluding carboxylic acids is 8. The molecule has 3 rings (SSSR count). The predicted molar refractivity (Wildman–Crippen MR) is 341 cm³/mol. The number of nitrogens with one attached hydrogen (secondary N) is 7. The van der Waals surface area contributed by atoms with Gasteiger partial charge in [0.25, 0.3) is 15.7 Å². The Morgan fingerprint density at radius 1 is 0.505 bits per heavy atom. The van der Waals surface area contributed by atoms with E-state index in [1.54, 1.807) is 81.6 Å². The zero-order chi connectivity index (χ0) is 69.3. The maximum absolute atomic E-state index is 12.5. The third-order valence-corrected chi connectivity index (χ3v) is 13.1. The van der Waals surface area contributed by atoms with Crippen LogP contribution >= 0.6 is 0 Å². The van der Waals surface area contributed by atoms with Crippen LogP contribution in [0.1, 0.15) is 116 Å². The summed E-state index contributed by atoms with van der Waals surface area (Å²) in [5, 5.41) is 20.3. The second-order valence-electron chi connectivity index (χ2n) is 19.9. The van der Waals surface area contributed by atoms with Gasteiger partial charge in [-0.2, -0.15) is 23.1 Å². The van der Waals surface area contributed by atoms with E-state index >= 15 is 0 Å². The van der Waals surface area contributed by atoms with Crippen molar-refractivity contribution in [2.75, 3.05) is 130 Å². The topological polar surface area (TPSA) is 402 Å². The van der Waals surface area contributed by atoms with Crippen molar-refractivity contribution in [2.45, 2.75) is 111 Å². The van der Waals surface area contributed by atoms with Gasteiger partial charge in [-0.15, -0.1) is 0 Å². The minimum absolute atomic E-state index is 0.00524. The number of ether oxygens (including phenoxy) is 7. The van der Waals surface area contributed by atoms with E-state index < -0.39 is 24.8 Å². The fourth-order valence-electron chi connectivity index (χ4n) is 7.01. The number of Topliss-reactive ketones (excluding diaryl/α,β-unsaturated/α-hetero) is 2. The number of sulfonamides is 1. The third kappa shape index (κ3) is 49.7. The third-order valence-electron chi connectivity index (χ3n) is 11.8. The quantitative estimate of drug-likeness (QED) is 0.00786. The van der Waals surface area contributed by atoms with Crippen molar-refractivity contribution in [1.29, 1.82) is 0 Å². The average molecular weight is 1370 g/mol. The average Bonchev–Trinajstić information content (AvgIpc) is 1.31. The van der Waals surface area contributed by atoms with Crippen molar-refractivity contribution in [3.8, 4) is 0 Å². The molecule has 93 heavy (non-hydrogen) atoms. The van der Waals surface area contributed by atoms with Crippen LogP contribution in [0.25, 0.3) is 5.53 Å². The Morgan fingerprint density at radius 3 is 1.19 bits per heavy atom. The number of aryl methyl sites for hydroxylation is 1. The van der Waals surface area contributed by atoms with E-state index in [-0.39, 0.29) is 90.4 Å². The molecule has 0 heterocycles. The molecule has 0 unspecified atom stereocenters. The van der Waals surface area contributed by atoms with E-state index in [0.717, 1.165) is 12.2 Å². The maximum atomic E-state index is 12.5. The molecule has 0 fully saturated rings. The molecule has 7 N–H and O–H groups in total. The molecule has 0 saturated carbocycles.